The summed E-state index contributed by atoms with van der Waals surface area (Å²) >= 11 is 1.37. The summed E-state index contributed by atoms with van der Waals surface area (Å²) in [7, 11) is 0. The first-order valence-corrected chi connectivity index (χ1v) is 9.77. The standard InChI is InChI=1S/C16H24N6O2S/c1-2-22-14(21-7-9-24-10-8-21)19-20-15(22)25-11-13(23)18-16(12-17)5-3-4-6-16/h2-11H2,1H3,(H,18,23). The van der Waals surface area contributed by atoms with Crippen LogP contribution in [0.25, 0.3) is 0 Å². The second kappa shape index (κ2) is 8.06. The van der Waals surface area contributed by atoms with E-state index in [0.717, 1.165) is 56.4 Å². The van der Waals surface area contributed by atoms with Gasteiger partial charge in [-0.2, -0.15) is 5.26 Å². The van der Waals surface area contributed by atoms with Crippen molar-refractivity contribution in [3.63, 3.8) is 0 Å². The van der Waals surface area contributed by atoms with Crippen LogP contribution in [0.1, 0.15) is 32.6 Å². The predicted molar refractivity (Wildman–Crippen MR) is 94.4 cm³/mol. The lowest BCUT2D eigenvalue weighted by Gasteiger charge is -2.27. The van der Waals surface area contributed by atoms with E-state index in [1.807, 2.05) is 11.5 Å². The number of thioether (sulfide) groups is 1. The van der Waals surface area contributed by atoms with Gasteiger partial charge in [-0.1, -0.05) is 11.8 Å². The maximum Gasteiger partial charge on any atom is 0.231 e. The smallest absolute Gasteiger partial charge is 0.231 e. The lowest BCUT2D eigenvalue weighted by atomic mass is 10.0. The maximum absolute atomic E-state index is 12.3. The predicted octanol–water partition coefficient (Wildman–Crippen LogP) is 1.18. The van der Waals surface area contributed by atoms with Crippen molar-refractivity contribution in [1.29, 1.82) is 5.26 Å². The monoisotopic (exact) mass is 364 g/mol. The summed E-state index contributed by atoms with van der Waals surface area (Å²) < 4.78 is 7.41. The Morgan fingerprint density at radius 2 is 2.08 bits per heavy atom. The molecule has 2 fully saturated rings. The third-order valence-electron chi connectivity index (χ3n) is 4.69. The molecule has 3 rings (SSSR count). The van der Waals surface area contributed by atoms with Crippen molar-refractivity contribution < 1.29 is 9.53 Å². The number of anilines is 1. The minimum Gasteiger partial charge on any atom is -0.378 e. The van der Waals surface area contributed by atoms with E-state index < -0.39 is 5.54 Å². The van der Waals surface area contributed by atoms with E-state index in [1.54, 1.807) is 0 Å². The number of nitriles is 1. The van der Waals surface area contributed by atoms with Crippen molar-refractivity contribution in [3.05, 3.63) is 0 Å². The van der Waals surface area contributed by atoms with E-state index in [-0.39, 0.29) is 11.7 Å². The lowest BCUT2D eigenvalue weighted by molar-refractivity contribution is -0.119. The number of ether oxygens (including phenoxy) is 1. The van der Waals surface area contributed by atoms with E-state index in [9.17, 15) is 10.1 Å². The fraction of sp³-hybridized carbons (Fsp3) is 0.750. The van der Waals surface area contributed by atoms with Crippen molar-refractivity contribution in [2.45, 2.75) is 49.8 Å². The van der Waals surface area contributed by atoms with Gasteiger partial charge in [-0.05, 0) is 32.6 Å². The zero-order chi connectivity index (χ0) is 17.7. The molecule has 1 aromatic heterocycles. The molecule has 2 aliphatic rings. The van der Waals surface area contributed by atoms with Crippen LogP contribution < -0.4 is 10.2 Å². The van der Waals surface area contributed by atoms with Crippen LogP contribution in [0.15, 0.2) is 5.16 Å². The summed E-state index contributed by atoms with van der Waals surface area (Å²) in [5.41, 5.74) is -0.672. The number of hydrogen-bond acceptors (Lipinski definition) is 7. The van der Waals surface area contributed by atoms with E-state index >= 15 is 0 Å². The molecule has 0 spiro atoms. The summed E-state index contributed by atoms with van der Waals surface area (Å²) in [4.78, 5) is 14.4. The van der Waals surface area contributed by atoms with Crippen LogP contribution in [0.2, 0.25) is 0 Å². The molecule has 0 bridgehead atoms. The minimum atomic E-state index is -0.672. The molecule has 2 heterocycles. The molecule has 9 heteroatoms. The molecule has 1 aromatic rings. The lowest BCUT2D eigenvalue weighted by Crippen LogP contribution is -2.45. The number of aromatic nitrogens is 3. The van der Waals surface area contributed by atoms with Crippen LogP contribution in [-0.4, -0.2) is 58.3 Å². The molecule has 1 aliphatic heterocycles. The molecule has 8 nitrogen and oxygen atoms in total. The second-order valence-electron chi connectivity index (χ2n) is 6.36. The molecule has 0 aromatic carbocycles. The van der Waals surface area contributed by atoms with Gasteiger partial charge >= 0.3 is 0 Å². The topological polar surface area (TPSA) is 96.1 Å². The Labute approximate surface area is 151 Å². The zero-order valence-electron chi connectivity index (χ0n) is 14.5. The zero-order valence-corrected chi connectivity index (χ0v) is 15.3. The van der Waals surface area contributed by atoms with Crippen molar-refractivity contribution in [3.8, 4) is 6.07 Å². The Morgan fingerprint density at radius 1 is 1.36 bits per heavy atom. The minimum absolute atomic E-state index is 0.118. The van der Waals surface area contributed by atoms with Crippen molar-refractivity contribution >= 4 is 23.6 Å². The molecule has 1 aliphatic carbocycles. The first-order chi connectivity index (χ1) is 12.2. The van der Waals surface area contributed by atoms with E-state index in [2.05, 4.69) is 26.5 Å². The number of amides is 1. The summed E-state index contributed by atoms with van der Waals surface area (Å²) in [5.74, 6) is 0.954. The van der Waals surface area contributed by atoms with Crippen molar-refractivity contribution in [1.82, 2.24) is 20.1 Å². The number of nitrogens with one attached hydrogen (secondary N) is 1. The SMILES string of the molecule is CCn1c(SCC(=O)NC2(C#N)CCCC2)nnc1N1CCOCC1. The molecule has 1 amide bonds. The summed E-state index contributed by atoms with van der Waals surface area (Å²) in [5, 5.41) is 21.6. The second-order valence-corrected chi connectivity index (χ2v) is 7.31. The van der Waals surface area contributed by atoms with E-state index in [0.29, 0.717) is 13.2 Å². The number of rotatable bonds is 6. The Balaban J connectivity index is 1.60. The highest BCUT2D eigenvalue weighted by molar-refractivity contribution is 7.99. The molecule has 0 radical (unpaired) electrons. The number of morpholine rings is 1. The van der Waals surface area contributed by atoms with Gasteiger partial charge in [0.1, 0.15) is 5.54 Å². The summed E-state index contributed by atoms with van der Waals surface area (Å²) in [6.45, 7) is 5.77. The molecule has 1 N–H and O–H groups in total. The van der Waals surface area contributed by atoms with Crippen molar-refractivity contribution in [2.24, 2.45) is 0 Å². The van der Waals surface area contributed by atoms with Gasteiger partial charge in [0, 0.05) is 19.6 Å². The van der Waals surface area contributed by atoms with Gasteiger partial charge in [0.2, 0.25) is 11.9 Å². The molecule has 1 saturated carbocycles. The van der Waals surface area contributed by atoms with E-state index in [4.69, 9.17) is 4.74 Å². The van der Waals surface area contributed by atoms with Crippen LogP contribution in [-0.2, 0) is 16.1 Å². The first kappa shape index (κ1) is 18.0. The molecule has 0 atom stereocenters. The van der Waals surface area contributed by atoms with Gasteiger partial charge in [0.05, 0.1) is 25.0 Å². The molecule has 0 unspecified atom stereocenters. The highest BCUT2D eigenvalue weighted by atomic mass is 32.2. The normalized spacial score (nSPS) is 19.6. The van der Waals surface area contributed by atoms with E-state index in [1.165, 1.54) is 11.8 Å². The highest BCUT2D eigenvalue weighted by Crippen LogP contribution is 2.29. The number of nitrogens with zero attached hydrogens (tertiary/aromatic N) is 5. The largest absolute Gasteiger partial charge is 0.378 e. The van der Waals surface area contributed by atoms with Gasteiger partial charge in [-0.15, -0.1) is 10.2 Å². The fourth-order valence-corrected chi connectivity index (χ4v) is 4.14. The third kappa shape index (κ3) is 4.07. The summed E-state index contributed by atoms with van der Waals surface area (Å²) in [6, 6.07) is 2.28. The van der Waals surface area contributed by atoms with Gasteiger partial charge in [0.15, 0.2) is 5.16 Å². The Bertz CT molecular complexity index is 644. The Morgan fingerprint density at radius 3 is 2.72 bits per heavy atom. The quantitative estimate of drug-likeness (QED) is 0.757. The summed E-state index contributed by atoms with van der Waals surface area (Å²) in [6.07, 6.45) is 3.47. The Kier molecular flexibility index (Phi) is 5.81. The average Bonchev–Trinajstić information content (AvgIpc) is 3.27. The maximum atomic E-state index is 12.3. The fourth-order valence-electron chi connectivity index (χ4n) is 3.34. The first-order valence-electron chi connectivity index (χ1n) is 8.78. The van der Waals surface area contributed by atoms with Crippen LogP contribution >= 0.6 is 11.8 Å². The molecule has 25 heavy (non-hydrogen) atoms. The number of carbonyl (C=O) groups is 1. The number of carbonyl (C=O) groups excluding carboxylic acids is 1. The highest BCUT2D eigenvalue weighted by Gasteiger charge is 2.35. The molecule has 1 saturated heterocycles. The van der Waals surface area contributed by atoms with Gasteiger partial charge in [-0.25, -0.2) is 0 Å². The Hall–Kier alpha value is -1.79. The molecular weight excluding hydrogens is 340 g/mol. The average molecular weight is 364 g/mol. The third-order valence-corrected chi connectivity index (χ3v) is 5.66. The van der Waals surface area contributed by atoms with Crippen molar-refractivity contribution in [2.75, 3.05) is 37.0 Å². The van der Waals surface area contributed by atoms with Gasteiger partial charge < -0.3 is 15.0 Å². The van der Waals surface area contributed by atoms with Gasteiger partial charge in [0.25, 0.3) is 0 Å². The van der Waals surface area contributed by atoms with Crippen LogP contribution in [0.4, 0.5) is 5.95 Å². The van der Waals surface area contributed by atoms with Crippen LogP contribution in [0.5, 0.6) is 0 Å². The number of hydrogen-bond donors (Lipinski definition) is 1. The van der Waals surface area contributed by atoms with Crippen LogP contribution in [0, 0.1) is 11.3 Å². The molecule has 136 valence electrons. The molecular formula is C16H24N6O2S. The van der Waals surface area contributed by atoms with Crippen LogP contribution in [0.3, 0.4) is 0 Å². The van der Waals surface area contributed by atoms with Gasteiger partial charge in [-0.3, -0.25) is 9.36 Å².